The summed E-state index contributed by atoms with van der Waals surface area (Å²) in [5.74, 6) is -6.23. The highest BCUT2D eigenvalue weighted by atomic mass is 35.5. The zero-order valence-corrected chi connectivity index (χ0v) is 15.0. The molecule has 26 heavy (non-hydrogen) atoms. The molecule has 0 spiro atoms. The monoisotopic (exact) mass is 464 g/mol. The third kappa shape index (κ3) is 7.02. The molecule has 1 aliphatic carbocycles. The molecule has 1 saturated carbocycles. The van der Waals surface area contributed by atoms with Crippen LogP contribution in [0.4, 0.5) is 26.3 Å². The van der Waals surface area contributed by atoms with Crippen molar-refractivity contribution in [3.63, 3.8) is 0 Å². The number of esters is 2. The number of alkyl halides is 8. The Morgan fingerprint density at radius 2 is 1.27 bits per heavy atom. The highest BCUT2D eigenvalue weighted by Crippen LogP contribution is 2.59. The first kappa shape index (κ1) is 23.1. The maximum atomic E-state index is 11.2. The van der Waals surface area contributed by atoms with E-state index in [0.717, 1.165) is 12.0 Å². The van der Waals surface area contributed by atoms with E-state index in [9.17, 15) is 35.9 Å². The molecular weight excluding hydrogens is 460 g/mol. The standard InChI is InChI=1S/C9H6Cl4.C4F6O3/c10-6-1-5(2-7(11)3-6)8-4-9(8,12)13;5-3(6,7)1(11)13-2(12)4(8,9)10/h1-3,8H,4H2;. The Balaban J connectivity index is 0.000000260. The molecule has 146 valence electrons. The first-order valence-corrected chi connectivity index (χ1v) is 7.79. The predicted molar refractivity (Wildman–Crippen MR) is 81.5 cm³/mol. The molecule has 0 aliphatic heterocycles. The summed E-state index contributed by atoms with van der Waals surface area (Å²) in [7, 11) is 0. The fourth-order valence-electron chi connectivity index (χ4n) is 1.55. The van der Waals surface area contributed by atoms with E-state index in [-0.39, 0.29) is 5.92 Å². The van der Waals surface area contributed by atoms with E-state index >= 15 is 0 Å². The number of carbonyl (C=O) groups excluding carboxylic acids is 2. The van der Waals surface area contributed by atoms with E-state index in [2.05, 4.69) is 4.74 Å². The van der Waals surface area contributed by atoms with Crippen molar-refractivity contribution >= 4 is 58.3 Å². The van der Waals surface area contributed by atoms with Gasteiger partial charge in [0.05, 0.1) is 0 Å². The van der Waals surface area contributed by atoms with Crippen LogP contribution in [-0.2, 0) is 14.3 Å². The summed E-state index contributed by atoms with van der Waals surface area (Å²) in [5.41, 5.74) is 1.02. The van der Waals surface area contributed by atoms with Gasteiger partial charge in [-0.05, 0) is 30.2 Å². The van der Waals surface area contributed by atoms with E-state index in [4.69, 9.17) is 46.4 Å². The zero-order valence-electron chi connectivity index (χ0n) is 12.0. The third-order valence-corrected chi connectivity index (χ3v) is 4.03. The SMILES string of the molecule is Clc1cc(Cl)cc(C2CC2(Cl)Cl)c1.O=C(OC(=O)C(F)(F)F)C(F)(F)F. The lowest BCUT2D eigenvalue weighted by Crippen LogP contribution is -2.34. The Morgan fingerprint density at radius 3 is 1.54 bits per heavy atom. The van der Waals surface area contributed by atoms with Crippen molar-refractivity contribution < 1.29 is 40.7 Å². The van der Waals surface area contributed by atoms with Gasteiger partial charge in [-0.2, -0.15) is 26.3 Å². The van der Waals surface area contributed by atoms with Gasteiger partial charge in [0.2, 0.25) is 0 Å². The number of carbonyl (C=O) groups is 2. The molecular formula is C13H6Cl4F6O3. The first-order chi connectivity index (χ1) is 11.5. The van der Waals surface area contributed by atoms with Gasteiger partial charge >= 0.3 is 24.3 Å². The van der Waals surface area contributed by atoms with Crippen molar-refractivity contribution in [2.45, 2.75) is 29.0 Å². The predicted octanol–water partition coefficient (Wildman–Crippen LogP) is 5.84. The van der Waals surface area contributed by atoms with E-state index in [1.807, 2.05) is 12.1 Å². The van der Waals surface area contributed by atoms with Crippen molar-refractivity contribution in [3.05, 3.63) is 33.8 Å². The van der Waals surface area contributed by atoms with Crippen molar-refractivity contribution in [1.82, 2.24) is 0 Å². The van der Waals surface area contributed by atoms with E-state index in [0.29, 0.717) is 10.0 Å². The van der Waals surface area contributed by atoms with Crippen LogP contribution < -0.4 is 0 Å². The Labute approximate surface area is 162 Å². The van der Waals surface area contributed by atoms with Crippen molar-refractivity contribution in [3.8, 4) is 0 Å². The molecule has 0 bridgehead atoms. The molecule has 0 amide bonds. The summed E-state index contributed by atoms with van der Waals surface area (Å²) >= 11 is 23.5. The van der Waals surface area contributed by atoms with Crippen molar-refractivity contribution in [1.29, 1.82) is 0 Å². The summed E-state index contributed by atoms with van der Waals surface area (Å²) in [4.78, 5) is 19.3. The van der Waals surface area contributed by atoms with Gasteiger partial charge in [0.15, 0.2) is 0 Å². The lowest BCUT2D eigenvalue weighted by molar-refractivity contribution is -0.221. The normalized spacial score (nSPS) is 18.5. The minimum Gasteiger partial charge on any atom is -0.380 e. The van der Waals surface area contributed by atoms with Crippen LogP contribution in [0.15, 0.2) is 18.2 Å². The van der Waals surface area contributed by atoms with E-state index in [1.54, 1.807) is 6.07 Å². The molecule has 1 unspecified atom stereocenters. The number of hydrogen-bond acceptors (Lipinski definition) is 3. The zero-order chi connectivity index (χ0) is 20.5. The molecule has 3 nitrogen and oxygen atoms in total. The van der Waals surface area contributed by atoms with Gasteiger partial charge in [-0.1, -0.05) is 23.2 Å². The molecule has 0 saturated heterocycles. The number of hydrogen-bond donors (Lipinski definition) is 0. The largest absolute Gasteiger partial charge is 0.491 e. The molecule has 1 fully saturated rings. The quantitative estimate of drug-likeness (QED) is 0.226. The second kappa shape index (κ2) is 8.00. The number of benzene rings is 1. The van der Waals surface area contributed by atoms with Crippen LogP contribution in [0.5, 0.6) is 0 Å². The molecule has 0 aromatic heterocycles. The highest BCUT2D eigenvalue weighted by Gasteiger charge is 2.52. The number of halogens is 10. The van der Waals surface area contributed by atoms with Crippen LogP contribution in [0, 0.1) is 0 Å². The van der Waals surface area contributed by atoms with Gasteiger partial charge in [0.25, 0.3) is 0 Å². The van der Waals surface area contributed by atoms with E-state index < -0.39 is 28.6 Å². The average molecular weight is 466 g/mol. The van der Waals surface area contributed by atoms with E-state index in [1.165, 1.54) is 0 Å². The Hall–Kier alpha value is -0.900. The van der Waals surface area contributed by atoms with Crippen LogP contribution >= 0.6 is 46.4 Å². The lowest BCUT2D eigenvalue weighted by atomic mass is 10.1. The van der Waals surface area contributed by atoms with Gasteiger partial charge < -0.3 is 4.74 Å². The summed E-state index contributed by atoms with van der Waals surface area (Å²) in [5, 5.41) is 1.25. The summed E-state index contributed by atoms with van der Waals surface area (Å²) in [6, 6.07) is 5.40. The third-order valence-electron chi connectivity index (χ3n) is 2.76. The van der Waals surface area contributed by atoms with Crippen LogP contribution in [0.2, 0.25) is 10.0 Å². The Morgan fingerprint density at radius 1 is 0.923 bits per heavy atom. The molecule has 2 rings (SSSR count). The average Bonchev–Trinajstić information content (AvgIpc) is 3.05. The smallest absolute Gasteiger partial charge is 0.380 e. The second-order valence-corrected chi connectivity index (χ2v) is 7.31. The fourth-order valence-corrected chi connectivity index (χ4v) is 2.65. The van der Waals surface area contributed by atoms with Crippen LogP contribution in [0.1, 0.15) is 17.9 Å². The molecule has 13 heteroatoms. The fraction of sp³-hybridized carbons (Fsp3) is 0.385. The maximum absolute atomic E-state index is 11.2. The molecule has 1 aliphatic rings. The van der Waals surface area contributed by atoms with Crippen LogP contribution in [-0.4, -0.2) is 28.6 Å². The molecule has 0 N–H and O–H groups in total. The molecule has 0 radical (unpaired) electrons. The first-order valence-electron chi connectivity index (χ1n) is 6.28. The number of ether oxygens (including phenoxy) is 1. The summed E-state index contributed by atoms with van der Waals surface area (Å²) < 4.78 is 69.1. The molecule has 1 atom stereocenters. The minimum atomic E-state index is -5.62. The van der Waals surface area contributed by atoms with Crippen LogP contribution in [0.3, 0.4) is 0 Å². The molecule has 1 aromatic carbocycles. The van der Waals surface area contributed by atoms with Gasteiger partial charge in [-0.3, -0.25) is 0 Å². The van der Waals surface area contributed by atoms with Gasteiger partial charge in [-0.25, -0.2) is 9.59 Å². The van der Waals surface area contributed by atoms with Crippen molar-refractivity contribution in [2.75, 3.05) is 0 Å². The topological polar surface area (TPSA) is 43.4 Å². The molecule has 0 heterocycles. The van der Waals surface area contributed by atoms with Crippen LogP contribution in [0.25, 0.3) is 0 Å². The Kier molecular flexibility index (Phi) is 7.12. The van der Waals surface area contributed by atoms with Gasteiger partial charge in [-0.15, -0.1) is 23.2 Å². The highest BCUT2D eigenvalue weighted by molar-refractivity contribution is 6.51. The second-order valence-electron chi connectivity index (χ2n) is 4.89. The summed E-state index contributed by atoms with van der Waals surface area (Å²) in [6.07, 6.45) is -10.5. The summed E-state index contributed by atoms with van der Waals surface area (Å²) in [6.45, 7) is 0. The van der Waals surface area contributed by atoms with Gasteiger partial charge in [0, 0.05) is 16.0 Å². The maximum Gasteiger partial charge on any atom is 0.491 e. The van der Waals surface area contributed by atoms with Gasteiger partial charge in [0.1, 0.15) is 4.33 Å². The minimum absolute atomic E-state index is 0.173. The lowest BCUT2D eigenvalue weighted by Gasteiger charge is -2.06. The van der Waals surface area contributed by atoms with Crippen molar-refractivity contribution in [2.24, 2.45) is 0 Å². The Bertz CT molecular complexity index is 658. The number of rotatable bonds is 1. The molecule has 1 aromatic rings.